The highest BCUT2D eigenvalue weighted by atomic mass is 19.4. The fourth-order valence-electron chi connectivity index (χ4n) is 3.48. The molecule has 2 aromatic heterocycles. The molecule has 0 saturated carbocycles. The highest BCUT2D eigenvalue weighted by Crippen LogP contribution is 2.36. The lowest BCUT2D eigenvalue weighted by atomic mass is 9.97. The largest absolute Gasteiger partial charge is 0.490 e. The van der Waals surface area contributed by atoms with Crippen LogP contribution in [0.15, 0.2) is 36.9 Å². The second-order valence-corrected chi connectivity index (χ2v) is 7.29. The summed E-state index contributed by atoms with van der Waals surface area (Å²) in [6, 6.07) is 3.57. The molecule has 0 aliphatic carbocycles. The van der Waals surface area contributed by atoms with Crippen molar-refractivity contribution in [3.63, 3.8) is 0 Å². The Balaban J connectivity index is 0.000000360. The predicted octanol–water partition coefficient (Wildman–Crippen LogP) is 2.13. The minimum Gasteiger partial charge on any atom is -0.475 e. The number of pyridine rings is 1. The summed E-state index contributed by atoms with van der Waals surface area (Å²) in [5, 5.41) is 10.3. The molecule has 2 aromatic rings. The number of hydrogen-bond donors (Lipinski definition) is 2. The minimum absolute atomic E-state index is 0.0214. The summed E-state index contributed by atoms with van der Waals surface area (Å²) >= 11 is 0. The zero-order chi connectivity index (χ0) is 23.4. The van der Waals surface area contributed by atoms with Crippen molar-refractivity contribution in [2.24, 2.45) is 0 Å². The van der Waals surface area contributed by atoms with E-state index in [4.69, 9.17) is 14.6 Å². The lowest BCUT2D eigenvalue weighted by molar-refractivity contribution is -0.192. The number of carbonyl (C=O) groups is 2. The number of alkyl halides is 3. The Morgan fingerprint density at radius 1 is 1.25 bits per heavy atom. The average Bonchev–Trinajstić information content (AvgIpc) is 3.36. The molecule has 13 heteroatoms. The zero-order valence-corrected chi connectivity index (χ0v) is 16.5. The van der Waals surface area contributed by atoms with Gasteiger partial charge in [0, 0.05) is 25.4 Å². The summed E-state index contributed by atoms with van der Waals surface area (Å²) in [5.74, 6) is -2.86. The number of rotatable bonds is 3. The Morgan fingerprint density at radius 3 is 2.53 bits per heavy atom. The molecule has 2 N–H and O–H groups in total. The predicted molar refractivity (Wildman–Crippen MR) is 101 cm³/mol. The van der Waals surface area contributed by atoms with E-state index in [2.05, 4.69) is 20.3 Å². The molecule has 172 valence electrons. The first-order chi connectivity index (χ1) is 15.1. The van der Waals surface area contributed by atoms with E-state index in [0.717, 1.165) is 25.2 Å². The Labute approximate surface area is 179 Å². The number of amides is 1. The van der Waals surface area contributed by atoms with Crippen LogP contribution in [0.4, 0.5) is 23.5 Å². The first-order valence-electron chi connectivity index (χ1n) is 9.45. The Hall–Kier alpha value is -3.35. The van der Waals surface area contributed by atoms with E-state index < -0.39 is 18.0 Å². The number of carboxylic acids is 1. The second-order valence-electron chi connectivity index (χ2n) is 7.29. The first-order valence-corrected chi connectivity index (χ1v) is 9.45. The topological polar surface area (TPSA) is 118 Å². The highest BCUT2D eigenvalue weighted by Gasteiger charge is 2.47. The molecule has 1 amide bonds. The fourth-order valence-corrected chi connectivity index (χ4v) is 3.48. The molecule has 2 aliphatic rings. The van der Waals surface area contributed by atoms with Gasteiger partial charge < -0.3 is 20.1 Å². The molecular formula is C19H19F4N5O4. The van der Waals surface area contributed by atoms with Gasteiger partial charge >= 0.3 is 12.1 Å². The number of hydrogen-bond acceptors (Lipinski definition) is 7. The molecule has 9 nitrogen and oxygen atoms in total. The van der Waals surface area contributed by atoms with E-state index in [0.29, 0.717) is 31.2 Å². The standard InChI is InChI=1S/C17H18FN5O2.C2HF3O2/c18-13-8-20-16(21-9-13)22-14-6-17(25-10-14)3-5-23(11-17)15(24)12-2-1-4-19-7-12;3-2(4,5)1(6)7/h1-2,4,7-9,14H,3,5-6,10-11H2,(H,20,21,22);(H,6,7). The summed E-state index contributed by atoms with van der Waals surface area (Å²) in [4.78, 5) is 35.1. The number of anilines is 1. The van der Waals surface area contributed by atoms with Crippen LogP contribution in [0.3, 0.4) is 0 Å². The van der Waals surface area contributed by atoms with E-state index >= 15 is 0 Å². The second kappa shape index (κ2) is 9.42. The quantitative estimate of drug-likeness (QED) is 0.674. The molecule has 0 radical (unpaired) electrons. The number of aliphatic carboxylic acids is 1. The third-order valence-electron chi connectivity index (χ3n) is 4.92. The number of nitrogens with one attached hydrogen (secondary N) is 1. The Bertz CT molecular complexity index is 945. The van der Waals surface area contributed by atoms with Gasteiger partial charge in [-0.1, -0.05) is 0 Å². The number of ether oxygens (including phenoxy) is 1. The van der Waals surface area contributed by atoms with Crippen molar-refractivity contribution >= 4 is 17.8 Å². The van der Waals surface area contributed by atoms with Crippen LogP contribution in [-0.4, -0.2) is 74.4 Å². The summed E-state index contributed by atoms with van der Waals surface area (Å²) in [7, 11) is 0. The molecular weight excluding hydrogens is 438 g/mol. The normalized spacial score (nSPS) is 22.4. The van der Waals surface area contributed by atoms with Gasteiger partial charge in [0.2, 0.25) is 5.95 Å². The highest BCUT2D eigenvalue weighted by molar-refractivity contribution is 5.94. The maximum absolute atomic E-state index is 12.9. The number of carbonyl (C=O) groups excluding carboxylic acids is 1. The van der Waals surface area contributed by atoms with E-state index in [1.165, 1.54) is 0 Å². The third kappa shape index (κ3) is 5.87. The summed E-state index contributed by atoms with van der Waals surface area (Å²) in [6.07, 6.45) is 1.96. The van der Waals surface area contributed by atoms with E-state index in [1.54, 1.807) is 24.5 Å². The molecule has 2 saturated heterocycles. The molecule has 0 aromatic carbocycles. The van der Waals surface area contributed by atoms with Crippen molar-refractivity contribution in [3.8, 4) is 0 Å². The van der Waals surface area contributed by atoms with Crippen LogP contribution in [-0.2, 0) is 9.53 Å². The molecule has 4 rings (SSSR count). The van der Waals surface area contributed by atoms with Gasteiger partial charge in [-0.25, -0.2) is 19.2 Å². The van der Waals surface area contributed by atoms with Crippen molar-refractivity contribution in [1.82, 2.24) is 19.9 Å². The van der Waals surface area contributed by atoms with Crippen LogP contribution in [0.2, 0.25) is 0 Å². The molecule has 1 spiro atoms. The molecule has 2 fully saturated rings. The van der Waals surface area contributed by atoms with Crippen LogP contribution in [0.5, 0.6) is 0 Å². The number of aromatic nitrogens is 3. The van der Waals surface area contributed by atoms with Crippen LogP contribution in [0.25, 0.3) is 0 Å². The van der Waals surface area contributed by atoms with Crippen LogP contribution < -0.4 is 5.32 Å². The van der Waals surface area contributed by atoms with Crippen LogP contribution in [0.1, 0.15) is 23.2 Å². The van der Waals surface area contributed by atoms with Crippen molar-refractivity contribution in [2.75, 3.05) is 25.0 Å². The van der Waals surface area contributed by atoms with Gasteiger partial charge in [0.1, 0.15) is 0 Å². The lowest BCUT2D eigenvalue weighted by Gasteiger charge is -2.23. The van der Waals surface area contributed by atoms with Gasteiger partial charge in [0.25, 0.3) is 5.91 Å². The Morgan fingerprint density at radius 2 is 1.94 bits per heavy atom. The average molecular weight is 457 g/mol. The monoisotopic (exact) mass is 457 g/mol. The van der Waals surface area contributed by atoms with E-state index in [9.17, 15) is 22.4 Å². The summed E-state index contributed by atoms with van der Waals surface area (Å²) in [6.45, 7) is 1.73. The van der Waals surface area contributed by atoms with E-state index in [1.807, 2.05) is 4.90 Å². The number of halogens is 4. The van der Waals surface area contributed by atoms with Gasteiger partial charge in [0.15, 0.2) is 5.82 Å². The van der Waals surface area contributed by atoms with Gasteiger partial charge in [-0.15, -0.1) is 0 Å². The molecule has 32 heavy (non-hydrogen) atoms. The van der Waals surface area contributed by atoms with Crippen molar-refractivity contribution < 1.29 is 37.0 Å². The van der Waals surface area contributed by atoms with Gasteiger partial charge in [-0.2, -0.15) is 13.2 Å². The van der Waals surface area contributed by atoms with Crippen molar-refractivity contribution in [1.29, 1.82) is 0 Å². The molecule has 4 heterocycles. The molecule has 2 atom stereocenters. The Kier molecular flexibility index (Phi) is 6.87. The maximum Gasteiger partial charge on any atom is 0.490 e. The van der Waals surface area contributed by atoms with Gasteiger partial charge in [-0.05, 0) is 18.6 Å². The number of carboxylic acid groups (broad SMARTS) is 1. The number of nitrogens with zero attached hydrogens (tertiary/aromatic N) is 4. The minimum atomic E-state index is -5.08. The van der Waals surface area contributed by atoms with Crippen molar-refractivity contribution in [3.05, 3.63) is 48.3 Å². The third-order valence-corrected chi connectivity index (χ3v) is 4.92. The number of likely N-dealkylation sites (tertiary alicyclic amines) is 1. The van der Waals surface area contributed by atoms with Gasteiger partial charge in [-0.3, -0.25) is 9.78 Å². The van der Waals surface area contributed by atoms with Crippen LogP contribution >= 0.6 is 0 Å². The lowest BCUT2D eigenvalue weighted by Crippen LogP contribution is -2.36. The smallest absolute Gasteiger partial charge is 0.475 e. The van der Waals surface area contributed by atoms with E-state index in [-0.39, 0.29) is 17.6 Å². The molecule has 0 bridgehead atoms. The molecule has 2 unspecified atom stereocenters. The SMILES string of the molecule is O=C(O)C(F)(F)F.O=C(c1cccnc1)N1CCC2(CC(Nc3ncc(F)cn3)CO2)C1. The fraction of sp³-hybridized carbons (Fsp3) is 0.421. The summed E-state index contributed by atoms with van der Waals surface area (Å²) < 4.78 is 50.6. The van der Waals surface area contributed by atoms with Crippen molar-refractivity contribution in [2.45, 2.75) is 30.7 Å². The maximum atomic E-state index is 12.9. The summed E-state index contributed by atoms with van der Waals surface area (Å²) in [5.41, 5.74) is 0.252. The van der Waals surface area contributed by atoms with Gasteiger partial charge in [0.05, 0.1) is 42.8 Å². The van der Waals surface area contributed by atoms with Crippen LogP contribution in [0, 0.1) is 5.82 Å². The first kappa shape index (κ1) is 23.3. The molecule has 2 aliphatic heterocycles. The zero-order valence-electron chi connectivity index (χ0n) is 16.5.